The Morgan fingerprint density at radius 1 is 1.17 bits per heavy atom. The van der Waals surface area contributed by atoms with Crippen LogP contribution in [-0.2, 0) is 17.6 Å². The van der Waals surface area contributed by atoms with Crippen molar-refractivity contribution in [2.75, 3.05) is 11.9 Å². The number of carbonyl (C=O) groups excluding carboxylic acids is 2. The first-order valence-corrected chi connectivity index (χ1v) is 13.4. The van der Waals surface area contributed by atoms with Gasteiger partial charge in [-0.2, -0.15) is 0 Å². The summed E-state index contributed by atoms with van der Waals surface area (Å²) in [6.07, 6.45) is 3.49. The number of nitrogens with zero attached hydrogens (tertiary/aromatic N) is 1. The molecule has 0 radical (unpaired) electrons. The van der Waals surface area contributed by atoms with E-state index in [4.69, 9.17) is 21.3 Å². The third-order valence-electron chi connectivity index (χ3n) is 6.48. The maximum atomic E-state index is 13.7. The van der Waals surface area contributed by atoms with Gasteiger partial charge in [0.05, 0.1) is 28.9 Å². The summed E-state index contributed by atoms with van der Waals surface area (Å²) in [5.74, 6) is -0.0917. The van der Waals surface area contributed by atoms with Crippen molar-refractivity contribution in [2.24, 2.45) is 5.92 Å². The summed E-state index contributed by atoms with van der Waals surface area (Å²) in [6.45, 7) is 4.54. The summed E-state index contributed by atoms with van der Waals surface area (Å²) >= 11 is 7.56. The number of fused-ring (bicyclic) bond motifs is 2. The average molecular weight is 519 g/mol. The van der Waals surface area contributed by atoms with Crippen LogP contribution in [0.1, 0.15) is 57.8 Å². The Morgan fingerprint density at radius 3 is 2.72 bits per heavy atom. The van der Waals surface area contributed by atoms with Gasteiger partial charge >= 0.3 is 5.97 Å². The van der Waals surface area contributed by atoms with Crippen LogP contribution in [0.5, 0.6) is 0 Å². The lowest BCUT2D eigenvalue weighted by atomic mass is 9.88. The smallest absolute Gasteiger partial charge is 0.341 e. The van der Waals surface area contributed by atoms with Crippen LogP contribution in [0.25, 0.3) is 22.2 Å². The highest BCUT2D eigenvalue weighted by atomic mass is 35.5. The van der Waals surface area contributed by atoms with Crippen LogP contribution in [0.2, 0.25) is 5.02 Å². The summed E-state index contributed by atoms with van der Waals surface area (Å²) in [6, 6.07) is 16.8. The zero-order chi connectivity index (χ0) is 25.2. The van der Waals surface area contributed by atoms with Gasteiger partial charge in [0.25, 0.3) is 5.91 Å². The highest BCUT2D eigenvalue weighted by Gasteiger charge is 2.29. The molecule has 1 atom stereocenters. The number of hydrogen-bond acceptors (Lipinski definition) is 5. The summed E-state index contributed by atoms with van der Waals surface area (Å²) < 4.78 is 5.51. The minimum absolute atomic E-state index is 0.278. The van der Waals surface area contributed by atoms with Crippen molar-refractivity contribution in [3.8, 4) is 11.3 Å². The first-order valence-electron chi connectivity index (χ1n) is 12.2. The van der Waals surface area contributed by atoms with E-state index in [9.17, 15) is 9.59 Å². The highest BCUT2D eigenvalue weighted by molar-refractivity contribution is 7.17. The lowest BCUT2D eigenvalue weighted by Gasteiger charge is -2.18. The van der Waals surface area contributed by atoms with Crippen LogP contribution in [0, 0.1) is 5.92 Å². The number of halogens is 1. The van der Waals surface area contributed by atoms with E-state index < -0.39 is 0 Å². The SMILES string of the molecule is CCCOC(=O)c1c(NC(=O)c2cc(-c3ccc(Cl)cc3)nc3ccccc23)sc2c1CCC(C)C2. The van der Waals surface area contributed by atoms with Gasteiger partial charge in [0.15, 0.2) is 0 Å². The van der Waals surface area contributed by atoms with E-state index in [0.29, 0.717) is 39.4 Å². The Hall–Kier alpha value is -3.22. The zero-order valence-corrected chi connectivity index (χ0v) is 21.8. The maximum absolute atomic E-state index is 13.7. The molecule has 2 aromatic carbocycles. The van der Waals surface area contributed by atoms with Crippen LogP contribution < -0.4 is 5.32 Å². The highest BCUT2D eigenvalue weighted by Crippen LogP contribution is 2.40. The number of esters is 1. The Morgan fingerprint density at radius 2 is 1.94 bits per heavy atom. The van der Waals surface area contributed by atoms with Crippen LogP contribution in [-0.4, -0.2) is 23.5 Å². The summed E-state index contributed by atoms with van der Waals surface area (Å²) in [5.41, 5.74) is 4.30. The van der Waals surface area contributed by atoms with E-state index in [2.05, 4.69) is 12.2 Å². The van der Waals surface area contributed by atoms with Gasteiger partial charge in [-0.3, -0.25) is 4.79 Å². The molecule has 5 nitrogen and oxygen atoms in total. The van der Waals surface area contributed by atoms with E-state index in [1.165, 1.54) is 11.3 Å². The number of anilines is 1. The van der Waals surface area contributed by atoms with Crippen molar-refractivity contribution in [3.05, 3.63) is 81.2 Å². The van der Waals surface area contributed by atoms with Crippen LogP contribution in [0.4, 0.5) is 5.00 Å². The molecular weight excluding hydrogens is 492 g/mol. The predicted octanol–water partition coefficient (Wildman–Crippen LogP) is 7.56. The Labute approximate surface area is 219 Å². The largest absolute Gasteiger partial charge is 0.462 e. The van der Waals surface area contributed by atoms with Gasteiger partial charge in [0.1, 0.15) is 5.00 Å². The van der Waals surface area contributed by atoms with Gasteiger partial charge < -0.3 is 10.1 Å². The molecule has 2 heterocycles. The monoisotopic (exact) mass is 518 g/mol. The van der Waals surface area contributed by atoms with Crippen LogP contribution in [0.15, 0.2) is 54.6 Å². The van der Waals surface area contributed by atoms with E-state index in [-0.39, 0.29) is 11.9 Å². The molecule has 184 valence electrons. The molecule has 0 spiro atoms. The second-order valence-corrected chi connectivity index (χ2v) is 10.8. The van der Waals surface area contributed by atoms with E-state index >= 15 is 0 Å². The minimum atomic E-state index is -0.361. The molecule has 2 aromatic heterocycles. The fraction of sp³-hybridized carbons (Fsp3) is 0.276. The van der Waals surface area contributed by atoms with Gasteiger partial charge in [-0.1, -0.05) is 55.8 Å². The van der Waals surface area contributed by atoms with Crippen molar-refractivity contribution >= 4 is 50.7 Å². The third-order valence-corrected chi connectivity index (χ3v) is 7.90. The molecule has 1 aliphatic carbocycles. The van der Waals surface area contributed by atoms with Crippen molar-refractivity contribution in [1.82, 2.24) is 4.98 Å². The zero-order valence-electron chi connectivity index (χ0n) is 20.3. The van der Waals surface area contributed by atoms with Crippen molar-refractivity contribution in [2.45, 2.75) is 39.5 Å². The van der Waals surface area contributed by atoms with Gasteiger partial charge in [0.2, 0.25) is 0 Å². The number of amides is 1. The van der Waals surface area contributed by atoms with Crippen molar-refractivity contribution < 1.29 is 14.3 Å². The number of hydrogen-bond donors (Lipinski definition) is 1. The summed E-state index contributed by atoms with van der Waals surface area (Å²) in [4.78, 5) is 32.7. The lowest BCUT2D eigenvalue weighted by Crippen LogP contribution is -2.17. The number of benzene rings is 2. The molecule has 0 aliphatic heterocycles. The minimum Gasteiger partial charge on any atom is -0.462 e. The van der Waals surface area contributed by atoms with Crippen molar-refractivity contribution in [3.63, 3.8) is 0 Å². The summed E-state index contributed by atoms with van der Waals surface area (Å²) in [7, 11) is 0. The molecule has 36 heavy (non-hydrogen) atoms. The number of rotatable bonds is 6. The first-order chi connectivity index (χ1) is 17.4. The quantitative estimate of drug-likeness (QED) is 0.267. The average Bonchev–Trinajstić information content (AvgIpc) is 3.23. The van der Waals surface area contributed by atoms with Gasteiger partial charge in [0, 0.05) is 20.8 Å². The number of carbonyl (C=O) groups is 2. The number of ether oxygens (including phenoxy) is 1. The Kier molecular flexibility index (Phi) is 7.08. The van der Waals surface area contributed by atoms with E-state index in [0.717, 1.165) is 52.6 Å². The molecule has 1 N–H and O–H groups in total. The van der Waals surface area contributed by atoms with Crippen molar-refractivity contribution in [1.29, 1.82) is 0 Å². The predicted molar refractivity (Wildman–Crippen MR) is 146 cm³/mol. The second-order valence-electron chi connectivity index (χ2n) is 9.23. The molecule has 0 saturated heterocycles. The number of thiophene rings is 1. The maximum Gasteiger partial charge on any atom is 0.341 e. The molecular formula is C29H27ClN2O3S. The number of aromatic nitrogens is 1. The van der Waals surface area contributed by atoms with Gasteiger partial charge in [-0.05, 0) is 61.4 Å². The van der Waals surface area contributed by atoms with Gasteiger partial charge in [-0.15, -0.1) is 11.3 Å². The molecule has 1 amide bonds. The van der Waals surface area contributed by atoms with E-state index in [1.54, 1.807) is 18.2 Å². The summed E-state index contributed by atoms with van der Waals surface area (Å²) in [5, 5.41) is 5.01. The number of pyridine rings is 1. The first kappa shape index (κ1) is 24.5. The van der Waals surface area contributed by atoms with Gasteiger partial charge in [-0.25, -0.2) is 9.78 Å². The fourth-order valence-corrected chi connectivity index (χ4v) is 6.14. The van der Waals surface area contributed by atoms with Crippen LogP contribution >= 0.6 is 22.9 Å². The molecule has 1 aliphatic rings. The molecule has 0 fully saturated rings. The third kappa shape index (κ3) is 4.88. The molecule has 1 unspecified atom stereocenters. The molecule has 7 heteroatoms. The Bertz CT molecular complexity index is 1450. The Balaban J connectivity index is 1.56. The topological polar surface area (TPSA) is 68.3 Å². The molecule has 5 rings (SSSR count). The normalized spacial score (nSPS) is 14.9. The molecule has 0 bridgehead atoms. The fourth-order valence-electron chi connectivity index (χ4n) is 4.62. The second kappa shape index (κ2) is 10.4. The van der Waals surface area contributed by atoms with E-state index in [1.807, 2.05) is 43.3 Å². The number of para-hydroxylation sites is 1. The molecule has 0 saturated carbocycles. The molecule has 4 aromatic rings. The lowest BCUT2D eigenvalue weighted by molar-refractivity contribution is 0.0505. The standard InChI is InChI=1S/C29H27ClN2O3S/c1-3-14-35-29(34)26-21-13-8-17(2)15-25(21)36-28(26)32-27(33)22-16-24(18-9-11-19(30)12-10-18)31-23-7-5-4-6-20(22)23/h4-7,9-12,16-17H,3,8,13-15H2,1-2H3,(H,32,33). The number of nitrogens with one attached hydrogen (secondary N) is 1. The van der Waals surface area contributed by atoms with Crippen LogP contribution in [0.3, 0.4) is 0 Å².